The lowest BCUT2D eigenvalue weighted by Crippen LogP contribution is -2.28. The van der Waals surface area contributed by atoms with Crippen LogP contribution in [0.5, 0.6) is 0 Å². The number of alkyl halides is 2. The number of H-pyrrole nitrogens is 1. The quantitative estimate of drug-likeness (QED) is 0.560. The first-order valence-electron chi connectivity index (χ1n) is 7.01. The minimum Gasteiger partial charge on any atom is -0.346 e. The van der Waals surface area contributed by atoms with Gasteiger partial charge >= 0.3 is 0 Å². The maximum atomic E-state index is 12.3. The van der Waals surface area contributed by atoms with Crippen LogP contribution in [-0.2, 0) is 0 Å². The molecule has 0 unspecified atom stereocenters. The van der Waals surface area contributed by atoms with E-state index in [-0.39, 0.29) is 0 Å². The Labute approximate surface area is 154 Å². The van der Waals surface area contributed by atoms with Gasteiger partial charge in [-0.1, -0.05) is 23.9 Å². The Morgan fingerprint density at radius 1 is 1.29 bits per heavy atom. The number of rotatable bonds is 5. The summed E-state index contributed by atoms with van der Waals surface area (Å²) in [6.07, 6.45) is -2.57. The van der Waals surface area contributed by atoms with Crippen molar-refractivity contribution in [3.05, 3.63) is 51.7 Å². The SMILES string of the molecule is O=C(NCC(F)F)c1ccccc1Sc1ccc2c(I)[nH]nc2c1. The van der Waals surface area contributed by atoms with Crippen molar-refractivity contribution >= 4 is 51.2 Å². The van der Waals surface area contributed by atoms with Crippen LogP contribution in [0.15, 0.2) is 52.3 Å². The lowest BCUT2D eigenvalue weighted by molar-refractivity contribution is 0.0889. The van der Waals surface area contributed by atoms with E-state index in [4.69, 9.17) is 0 Å². The maximum Gasteiger partial charge on any atom is 0.255 e. The molecule has 0 fully saturated rings. The zero-order chi connectivity index (χ0) is 17.1. The zero-order valence-electron chi connectivity index (χ0n) is 12.2. The minimum absolute atomic E-state index is 0.375. The van der Waals surface area contributed by atoms with Gasteiger partial charge in [-0.2, -0.15) is 5.10 Å². The molecule has 2 N–H and O–H groups in total. The molecule has 3 rings (SSSR count). The van der Waals surface area contributed by atoms with Crippen molar-refractivity contribution in [2.45, 2.75) is 16.2 Å². The first kappa shape index (κ1) is 17.2. The number of aromatic amines is 1. The van der Waals surface area contributed by atoms with E-state index in [9.17, 15) is 13.6 Å². The van der Waals surface area contributed by atoms with E-state index in [2.05, 4.69) is 38.1 Å². The number of nitrogens with one attached hydrogen (secondary N) is 2. The molecule has 2 aromatic carbocycles. The smallest absolute Gasteiger partial charge is 0.255 e. The van der Waals surface area contributed by atoms with Crippen molar-refractivity contribution in [3.8, 4) is 0 Å². The molecule has 0 bridgehead atoms. The average Bonchev–Trinajstić information content (AvgIpc) is 2.94. The molecule has 3 aromatic rings. The minimum atomic E-state index is -2.57. The zero-order valence-corrected chi connectivity index (χ0v) is 15.2. The van der Waals surface area contributed by atoms with E-state index in [1.165, 1.54) is 11.8 Å². The Morgan fingerprint density at radius 3 is 2.88 bits per heavy atom. The second-order valence-electron chi connectivity index (χ2n) is 4.92. The summed E-state index contributed by atoms with van der Waals surface area (Å²) in [7, 11) is 0. The molecule has 0 aliphatic carbocycles. The van der Waals surface area contributed by atoms with E-state index in [0.717, 1.165) is 19.5 Å². The van der Waals surface area contributed by atoms with Crippen molar-refractivity contribution in [1.29, 1.82) is 0 Å². The lowest BCUT2D eigenvalue weighted by Gasteiger charge is -2.09. The number of fused-ring (bicyclic) bond motifs is 1. The summed E-state index contributed by atoms with van der Waals surface area (Å²) in [6.45, 7) is -0.657. The van der Waals surface area contributed by atoms with Crippen LogP contribution in [-0.4, -0.2) is 29.1 Å². The highest BCUT2D eigenvalue weighted by molar-refractivity contribution is 14.1. The summed E-state index contributed by atoms with van der Waals surface area (Å²) < 4.78 is 25.5. The summed E-state index contributed by atoms with van der Waals surface area (Å²) in [5.41, 5.74) is 1.21. The van der Waals surface area contributed by atoms with Gasteiger partial charge in [-0.05, 0) is 52.9 Å². The fourth-order valence-electron chi connectivity index (χ4n) is 2.16. The Hall–Kier alpha value is -1.68. The van der Waals surface area contributed by atoms with E-state index >= 15 is 0 Å². The summed E-state index contributed by atoms with van der Waals surface area (Å²) in [5, 5.41) is 10.4. The number of nitrogens with zero attached hydrogens (tertiary/aromatic N) is 1. The number of hydrogen-bond acceptors (Lipinski definition) is 3. The van der Waals surface area contributed by atoms with Gasteiger partial charge in [0.1, 0.15) is 3.70 Å². The molecule has 1 amide bonds. The van der Waals surface area contributed by atoms with Gasteiger partial charge in [-0.25, -0.2) is 8.78 Å². The normalized spacial score (nSPS) is 11.2. The first-order valence-corrected chi connectivity index (χ1v) is 8.91. The first-order chi connectivity index (χ1) is 11.5. The molecule has 0 aliphatic heterocycles. The Bertz CT molecular complexity index is 885. The van der Waals surface area contributed by atoms with Crippen LogP contribution in [0, 0.1) is 3.70 Å². The van der Waals surface area contributed by atoms with Gasteiger partial charge in [0.2, 0.25) is 0 Å². The predicted octanol–water partition coefficient (Wildman–Crippen LogP) is 4.31. The highest BCUT2D eigenvalue weighted by Gasteiger charge is 2.14. The third-order valence-electron chi connectivity index (χ3n) is 3.26. The lowest BCUT2D eigenvalue weighted by atomic mass is 10.2. The summed E-state index contributed by atoms with van der Waals surface area (Å²) in [4.78, 5) is 13.7. The van der Waals surface area contributed by atoms with Crippen LogP contribution < -0.4 is 5.32 Å². The predicted molar refractivity (Wildman–Crippen MR) is 97.7 cm³/mol. The number of halogens is 3. The fourth-order valence-corrected chi connectivity index (χ4v) is 3.71. The highest BCUT2D eigenvalue weighted by Crippen LogP contribution is 2.32. The molecular weight excluding hydrogens is 447 g/mol. The maximum absolute atomic E-state index is 12.3. The molecule has 1 heterocycles. The van der Waals surface area contributed by atoms with Crippen LogP contribution in [0.2, 0.25) is 0 Å². The van der Waals surface area contributed by atoms with Crippen LogP contribution in [0.4, 0.5) is 8.78 Å². The molecule has 0 radical (unpaired) electrons. The molecular formula is C16H12F2IN3OS. The molecule has 4 nitrogen and oxygen atoms in total. The van der Waals surface area contributed by atoms with Crippen LogP contribution in [0.1, 0.15) is 10.4 Å². The molecule has 0 aliphatic rings. The number of aromatic nitrogens is 2. The van der Waals surface area contributed by atoms with E-state index in [1.807, 2.05) is 24.3 Å². The van der Waals surface area contributed by atoms with Crippen LogP contribution in [0.25, 0.3) is 10.9 Å². The van der Waals surface area contributed by atoms with Crippen molar-refractivity contribution in [1.82, 2.24) is 15.5 Å². The van der Waals surface area contributed by atoms with E-state index < -0.39 is 18.9 Å². The Morgan fingerprint density at radius 2 is 2.08 bits per heavy atom. The number of amides is 1. The topological polar surface area (TPSA) is 57.8 Å². The number of benzene rings is 2. The molecule has 0 saturated heterocycles. The Kier molecular flexibility index (Phi) is 5.34. The largest absolute Gasteiger partial charge is 0.346 e. The summed E-state index contributed by atoms with van der Waals surface area (Å²) >= 11 is 3.57. The highest BCUT2D eigenvalue weighted by atomic mass is 127. The van der Waals surface area contributed by atoms with Gasteiger partial charge in [0, 0.05) is 15.2 Å². The van der Waals surface area contributed by atoms with Gasteiger partial charge < -0.3 is 5.32 Å². The molecule has 8 heteroatoms. The second kappa shape index (κ2) is 7.47. The van der Waals surface area contributed by atoms with Crippen LogP contribution in [0.3, 0.4) is 0 Å². The van der Waals surface area contributed by atoms with Gasteiger partial charge in [0.15, 0.2) is 0 Å². The van der Waals surface area contributed by atoms with Gasteiger partial charge in [-0.15, -0.1) is 0 Å². The van der Waals surface area contributed by atoms with Gasteiger partial charge in [0.25, 0.3) is 12.3 Å². The number of hydrogen-bond donors (Lipinski definition) is 2. The third-order valence-corrected chi connectivity index (χ3v) is 5.14. The van der Waals surface area contributed by atoms with Gasteiger partial charge in [0.05, 0.1) is 17.6 Å². The fraction of sp³-hybridized carbons (Fsp3) is 0.125. The van der Waals surface area contributed by atoms with Crippen molar-refractivity contribution in [2.24, 2.45) is 0 Å². The number of carbonyl (C=O) groups is 1. The third kappa shape index (κ3) is 3.86. The van der Waals surface area contributed by atoms with Crippen molar-refractivity contribution in [3.63, 3.8) is 0 Å². The molecule has 0 saturated carbocycles. The molecule has 0 atom stereocenters. The summed E-state index contributed by atoms with van der Waals surface area (Å²) in [5.74, 6) is -0.506. The summed E-state index contributed by atoms with van der Waals surface area (Å²) in [6, 6.07) is 12.8. The van der Waals surface area contributed by atoms with Crippen molar-refractivity contribution < 1.29 is 13.6 Å². The number of carbonyl (C=O) groups excluding carboxylic acids is 1. The Balaban J connectivity index is 1.84. The molecule has 124 valence electrons. The standard InChI is InChI=1S/C16H12F2IN3OS/c17-14(18)8-20-16(23)11-3-1-2-4-13(11)24-9-5-6-10-12(7-9)21-22-15(10)19/h1-7,14H,8H2,(H,20,23)(H,21,22). The molecule has 24 heavy (non-hydrogen) atoms. The van der Waals surface area contributed by atoms with Gasteiger partial charge in [-0.3, -0.25) is 9.89 Å². The average molecular weight is 459 g/mol. The molecule has 1 aromatic heterocycles. The van der Waals surface area contributed by atoms with Crippen molar-refractivity contribution in [2.75, 3.05) is 6.54 Å². The second-order valence-corrected chi connectivity index (χ2v) is 7.11. The van der Waals surface area contributed by atoms with E-state index in [1.54, 1.807) is 18.2 Å². The monoisotopic (exact) mass is 459 g/mol. The molecule has 0 spiro atoms. The van der Waals surface area contributed by atoms with Crippen LogP contribution >= 0.6 is 34.4 Å². The van der Waals surface area contributed by atoms with E-state index in [0.29, 0.717) is 10.5 Å².